The summed E-state index contributed by atoms with van der Waals surface area (Å²) in [7, 11) is 0. The largest absolute Gasteiger partial charge is 0.293 e. The van der Waals surface area contributed by atoms with Crippen molar-refractivity contribution in [1.82, 2.24) is 14.6 Å². The Morgan fingerprint density at radius 2 is 1.52 bits per heavy atom. The molecule has 0 spiro atoms. The van der Waals surface area contributed by atoms with E-state index in [-0.39, 0.29) is 11.5 Å². The van der Waals surface area contributed by atoms with Gasteiger partial charge in [-0.2, -0.15) is 0 Å². The minimum absolute atomic E-state index is 0.104. The van der Waals surface area contributed by atoms with E-state index in [1.54, 1.807) is 10.6 Å². The van der Waals surface area contributed by atoms with E-state index >= 15 is 0 Å². The van der Waals surface area contributed by atoms with E-state index in [1.165, 1.54) is 0 Å². The Kier molecular flexibility index (Phi) is 3.73. The van der Waals surface area contributed by atoms with Gasteiger partial charge in [0.05, 0.1) is 5.69 Å². The molecule has 2 heterocycles. The van der Waals surface area contributed by atoms with Crippen LogP contribution >= 0.6 is 0 Å². The van der Waals surface area contributed by atoms with Gasteiger partial charge in [-0.15, -0.1) is 0 Å². The normalized spacial score (nSPS) is 11.3. The minimum Gasteiger partial charge on any atom is -0.293 e. The van der Waals surface area contributed by atoms with Gasteiger partial charge in [-0.05, 0) is 11.5 Å². The second-order valence-corrected chi connectivity index (χ2v) is 6.43. The van der Waals surface area contributed by atoms with Gasteiger partial charge in [0.15, 0.2) is 5.65 Å². The van der Waals surface area contributed by atoms with Crippen LogP contribution in [0.25, 0.3) is 28.0 Å². The molecule has 1 N–H and O–H groups in total. The second kappa shape index (κ2) is 6.06. The van der Waals surface area contributed by atoms with Gasteiger partial charge in [0.1, 0.15) is 0 Å². The van der Waals surface area contributed by atoms with E-state index in [0.29, 0.717) is 11.3 Å². The Balaban J connectivity index is 2.06. The van der Waals surface area contributed by atoms with Crippen molar-refractivity contribution in [2.24, 2.45) is 0 Å². The van der Waals surface area contributed by atoms with Crippen molar-refractivity contribution in [3.63, 3.8) is 0 Å². The smallest absolute Gasteiger partial charge is 0.273 e. The third-order valence-corrected chi connectivity index (χ3v) is 4.35. The number of hydrogen-bond donors (Lipinski definition) is 1. The average Bonchev–Trinajstić information content (AvgIpc) is 3.03. The summed E-state index contributed by atoms with van der Waals surface area (Å²) < 4.78 is 1.55. The van der Waals surface area contributed by atoms with Crippen LogP contribution in [0.15, 0.2) is 71.5 Å². The van der Waals surface area contributed by atoms with Crippen LogP contribution in [0.2, 0.25) is 0 Å². The van der Waals surface area contributed by atoms with Crippen LogP contribution in [-0.4, -0.2) is 14.6 Å². The minimum atomic E-state index is -0.104. The zero-order valence-corrected chi connectivity index (χ0v) is 14.2. The zero-order valence-electron chi connectivity index (χ0n) is 14.2. The molecule has 0 radical (unpaired) electrons. The summed E-state index contributed by atoms with van der Waals surface area (Å²) in [6.07, 6.45) is 0. The summed E-state index contributed by atoms with van der Waals surface area (Å²) in [5, 5.41) is 3.25. The highest BCUT2D eigenvalue weighted by atomic mass is 16.1. The SMILES string of the molecule is CC(C)c1[nH]n2c(=O)cc(-c3ccccc3)nc2c1-c1ccccc1. The molecule has 0 saturated heterocycles. The lowest BCUT2D eigenvalue weighted by Gasteiger charge is -2.06. The van der Waals surface area contributed by atoms with E-state index in [2.05, 4.69) is 31.1 Å². The van der Waals surface area contributed by atoms with Crippen molar-refractivity contribution in [3.05, 3.63) is 82.8 Å². The van der Waals surface area contributed by atoms with Gasteiger partial charge in [0.25, 0.3) is 5.56 Å². The molecule has 0 unspecified atom stereocenters. The van der Waals surface area contributed by atoms with Crippen molar-refractivity contribution in [1.29, 1.82) is 0 Å². The molecule has 4 nitrogen and oxygen atoms in total. The molecule has 0 aliphatic carbocycles. The van der Waals surface area contributed by atoms with Crippen LogP contribution in [0, 0.1) is 0 Å². The Hall–Kier alpha value is -3.14. The predicted molar refractivity (Wildman–Crippen MR) is 101 cm³/mol. The molecule has 4 aromatic rings. The molecule has 25 heavy (non-hydrogen) atoms. The van der Waals surface area contributed by atoms with Crippen LogP contribution in [0.5, 0.6) is 0 Å². The molecular formula is C21H19N3O. The topological polar surface area (TPSA) is 50.2 Å². The number of nitrogens with one attached hydrogen (secondary N) is 1. The highest BCUT2D eigenvalue weighted by Crippen LogP contribution is 2.32. The maximum atomic E-state index is 12.7. The van der Waals surface area contributed by atoms with Gasteiger partial charge in [-0.3, -0.25) is 9.89 Å². The van der Waals surface area contributed by atoms with E-state index in [1.807, 2.05) is 48.5 Å². The van der Waals surface area contributed by atoms with E-state index in [4.69, 9.17) is 4.98 Å². The summed E-state index contributed by atoms with van der Waals surface area (Å²) in [6.45, 7) is 4.22. The highest BCUT2D eigenvalue weighted by molar-refractivity contribution is 5.81. The molecule has 0 bridgehead atoms. The molecule has 4 heteroatoms. The zero-order chi connectivity index (χ0) is 17.4. The first-order valence-electron chi connectivity index (χ1n) is 8.41. The van der Waals surface area contributed by atoms with Gasteiger partial charge in [-0.1, -0.05) is 74.5 Å². The van der Waals surface area contributed by atoms with E-state index < -0.39 is 0 Å². The van der Waals surface area contributed by atoms with Crippen LogP contribution in [-0.2, 0) is 0 Å². The van der Waals surface area contributed by atoms with Gasteiger partial charge < -0.3 is 0 Å². The summed E-state index contributed by atoms with van der Waals surface area (Å²) >= 11 is 0. The van der Waals surface area contributed by atoms with Crippen molar-refractivity contribution in [2.75, 3.05) is 0 Å². The summed E-state index contributed by atoms with van der Waals surface area (Å²) in [5.41, 5.74) is 5.26. The molecular weight excluding hydrogens is 310 g/mol. The van der Waals surface area contributed by atoms with E-state index in [9.17, 15) is 4.79 Å². The fourth-order valence-corrected chi connectivity index (χ4v) is 3.12. The lowest BCUT2D eigenvalue weighted by atomic mass is 9.99. The standard InChI is InChI=1S/C21H19N3O/c1-14(2)20-19(16-11-7-4-8-12-16)21-22-17(13-18(25)24(21)23-20)15-9-5-3-6-10-15/h3-14,23H,1-2H3. The number of aromatic nitrogens is 3. The maximum absolute atomic E-state index is 12.7. The third kappa shape index (κ3) is 2.66. The summed E-state index contributed by atoms with van der Waals surface area (Å²) in [4.78, 5) is 17.5. The molecule has 2 aromatic carbocycles. The number of rotatable bonds is 3. The van der Waals surface area contributed by atoms with E-state index in [0.717, 1.165) is 22.4 Å². The van der Waals surface area contributed by atoms with Crippen molar-refractivity contribution in [3.8, 4) is 22.4 Å². The summed E-state index contributed by atoms with van der Waals surface area (Å²) in [6, 6.07) is 21.5. The predicted octanol–water partition coefficient (Wildman–Crippen LogP) is 4.48. The molecule has 0 saturated carbocycles. The molecule has 4 rings (SSSR count). The number of hydrogen-bond acceptors (Lipinski definition) is 2. The first kappa shape index (κ1) is 15.4. The maximum Gasteiger partial charge on any atom is 0.273 e. The van der Waals surface area contributed by atoms with Gasteiger partial charge >= 0.3 is 0 Å². The molecule has 2 aromatic heterocycles. The highest BCUT2D eigenvalue weighted by Gasteiger charge is 2.19. The van der Waals surface area contributed by atoms with Crippen LogP contribution < -0.4 is 5.56 Å². The molecule has 0 atom stereocenters. The Morgan fingerprint density at radius 1 is 0.920 bits per heavy atom. The van der Waals surface area contributed by atoms with Crippen molar-refractivity contribution < 1.29 is 0 Å². The molecule has 0 fully saturated rings. The number of aromatic amines is 1. The van der Waals surface area contributed by atoms with Gasteiger partial charge in [-0.25, -0.2) is 9.50 Å². The van der Waals surface area contributed by atoms with Crippen molar-refractivity contribution in [2.45, 2.75) is 19.8 Å². The van der Waals surface area contributed by atoms with Crippen LogP contribution in [0.4, 0.5) is 0 Å². The van der Waals surface area contributed by atoms with Crippen LogP contribution in [0.1, 0.15) is 25.5 Å². The second-order valence-electron chi connectivity index (χ2n) is 6.43. The van der Waals surface area contributed by atoms with Gasteiger partial charge in [0.2, 0.25) is 0 Å². The molecule has 0 aliphatic rings. The number of fused-ring (bicyclic) bond motifs is 1. The quantitative estimate of drug-likeness (QED) is 0.602. The lowest BCUT2D eigenvalue weighted by molar-refractivity contribution is 0.777. The summed E-state index contributed by atoms with van der Waals surface area (Å²) in [5.74, 6) is 0.247. The molecule has 124 valence electrons. The Labute approximate surface area is 145 Å². The fraction of sp³-hybridized carbons (Fsp3) is 0.143. The molecule has 0 aliphatic heterocycles. The fourth-order valence-electron chi connectivity index (χ4n) is 3.12. The number of nitrogens with zero attached hydrogens (tertiary/aromatic N) is 2. The van der Waals surface area contributed by atoms with Crippen LogP contribution in [0.3, 0.4) is 0 Å². The monoisotopic (exact) mass is 329 g/mol. The molecule has 0 amide bonds. The van der Waals surface area contributed by atoms with Gasteiger partial charge in [0, 0.05) is 22.9 Å². The van der Waals surface area contributed by atoms with Crippen molar-refractivity contribution >= 4 is 5.65 Å². The third-order valence-electron chi connectivity index (χ3n) is 4.35. The Morgan fingerprint density at radius 3 is 2.12 bits per heavy atom. The first-order chi connectivity index (χ1) is 12.1. The lowest BCUT2D eigenvalue weighted by Crippen LogP contribution is -2.14. The number of H-pyrrole nitrogens is 1. The first-order valence-corrected chi connectivity index (χ1v) is 8.41. The average molecular weight is 329 g/mol. The Bertz CT molecular complexity index is 1080. The number of benzene rings is 2.